The van der Waals surface area contributed by atoms with E-state index in [0.717, 1.165) is 12.0 Å². The highest BCUT2D eigenvalue weighted by Crippen LogP contribution is 2.20. The van der Waals surface area contributed by atoms with Crippen molar-refractivity contribution >= 4 is 11.7 Å². The maximum Gasteiger partial charge on any atom is 0.276 e. The number of carbonyl (C=O) groups excluding carboxylic acids is 1. The largest absolute Gasteiger partial charge is 0.382 e. The molecule has 1 atom stereocenters. The van der Waals surface area contributed by atoms with Gasteiger partial charge in [0.15, 0.2) is 11.5 Å². The normalized spacial score (nSPS) is 17.4. The van der Waals surface area contributed by atoms with Gasteiger partial charge in [-0.1, -0.05) is 30.3 Å². The van der Waals surface area contributed by atoms with Gasteiger partial charge in [-0.3, -0.25) is 4.79 Å². The number of benzene rings is 1. The lowest BCUT2D eigenvalue weighted by atomic mass is 10.1. The Kier molecular flexibility index (Phi) is 4.83. The summed E-state index contributed by atoms with van der Waals surface area (Å²) < 4.78 is 5.77. The Labute approximate surface area is 135 Å². The third-order valence-corrected chi connectivity index (χ3v) is 3.97. The summed E-state index contributed by atoms with van der Waals surface area (Å²) in [6.45, 7) is 2.62. The fourth-order valence-electron chi connectivity index (χ4n) is 2.73. The molecule has 0 spiro atoms. The van der Waals surface area contributed by atoms with Crippen LogP contribution >= 0.6 is 0 Å². The van der Waals surface area contributed by atoms with Crippen LogP contribution in [0.3, 0.4) is 0 Å². The molecule has 0 unspecified atom stereocenters. The molecule has 1 fully saturated rings. The van der Waals surface area contributed by atoms with Crippen molar-refractivity contribution in [1.82, 2.24) is 14.9 Å². The van der Waals surface area contributed by atoms with E-state index in [1.54, 1.807) is 4.90 Å². The highest BCUT2D eigenvalue weighted by molar-refractivity contribution is 5.96. The average Bonchev–Trinajstić information content (AvgIpc) is 3.05. The van der Waals surface area contributed by atoms with Crippen LogP contribution in [0.25, 0.3) is 0 Å². The van der Waals surface area contributed by atoms with Crippen molar-refractivity contribution in [3.8, 4) is 0 Å². The molecular weight excluding hydrogens is 292 g/mol. The molecule has 1 aromatic carbocycles. The number of nitrogens with zero attached hydrogens (tertiary/aromatic N) is 3. The van der Waals surface area contributed by atoms with Crippen molar-refractivity contribution in [2.75, 3.05) is 25.4 Å². The van der Waals surface area contributed by atoms with Crippen molar-refractivity contribution in [3.63, 3.8) is 0 Å². The summed E-state index contributed by atoms with van der Waals surface area (Å²) in [4.78, 5) is 22.1. The Hall–Kier alpha value is -2.47. The maximum absolute atomic E-state index is 12.4. The minimum Gasteiger partial charge on any atom is -0.382 e. The van der Waals surface area contributed by atoms with E-state index in [0.29, 0.717) is 32.2 Å². The minimum atomic E-state index is -0.152. The molecule has 1 saturated heterocycles. The summed E-state index contributed by atoms with van der Waals surface area (Å²) in [6.07, 6.45) is 3.90. The first-order valence-electron chi connectivity index (χ1n) is 7.71. The van der Waals surface area contributed by atoms with Gasteiger partial charge in [-0.25, -0.2) is 9.97 Å². The summed E-state index contributed by atoms with van der Waals surface area (Å²) in [7, 11) is 0. The molecule has 1 amide bonds. The number of aromatic nitrogens is 2. The number of amides is 1. The van der Waals surface area contributed by atoms with Crippen molar-refractivity contribution in [2.45, 2.75) is 13.0 Å². The zero-order valence-corrected chi connectivity index (χ0v) is 12.9. The monoisotopic (exact) mass is 312 g/mol. The van der Waals surface area contributed by atoms with E-state index in [9.17, 15) is 4.79 Å². The summed E-state index contributed by atoms with van der Waals surface area (Å²) in [5, 5.41) is 0. The summed E-state index contributed by atoms with van der Waals surface area (Å²) >= 11 is 0. The number of hydrogen-bond acceptors (Lipinski definition) is 5. The van der Waals surface area contributed by atoms with Crippen LogP contribution in [0.1, 0.15) is 22.5 Å². The number of hydrogen-bond donors (Lipinski definition) is 1. The van der Waals surface area contributed by atoms with Gasteiger partial charge in [-0.15, -0.1) is 0 Å². The molecule has 6 heteroatoms. The molecule has 2 N–H and O–H groups in total. The summed E-state index contributed by atoms with van der Waals surface area (Å²) in [6, 6.07) is 10.1. The third kappa shape index (κ3) is 3.84. The van der Waals surface area contributed by atoms with Crippen LogP contribution in [0.5, 0.6) is 0 Å². The smallest absolute Gasteiger partial charge is 0.276 e. The SMILES string of the molecule is Nc1nccnc1C(=O)N1CC[C@H](COCc2ccccc2)C1. The van der Waals surface area contributed by atoms with Crippen molar-refractivity contribution in [1.29, 1.82) is 0 Å². The molecule has 1 aromatic heterocycles. The maximum atomic E-state index is 12.4. The number of carbonyl (C=O) groups is 1. The van der Waals surface area contributed by atoms with Gasteiger partial charge in [0.1, 0.15) is 0 Å². The van der Waals surface area contributed by atoms with Gasteiger partial charge in [0.25, 0.3) is 5.91 Å². The first-order chi connectivity index (χ1) is 11.2. The van der Waals surface area contributed by atoms with E-state index in [-0.39, 0.29) is 17.4 Å². The fraction of sp³-hybridized carbons (Fsp3) is 0.353. The first-order valence-corrected chi connectivity index (χ1v) is 7.71. The van der Waals surface area contributed by atoms with Gasteiger partial charge >= 0.3 is 0 Å². The number of nitrogens with two attached hydrogens (primary N) is 1. The Morgan fingerprint density at radius 1 is 1.26 bits per heavy atom. The quantitative estimate of drug-likeness (QED) is 0.909. The standard InChI is InChI=1S/C17H20N4O2/c18-16-15(19-7-8-20-16)17(22)21-9-6-14(10-21)12-23-11-13-4-2-1-3-5-13/h1-5,7-8,14H,6,9-12H2,(H2,18,20)/t14-/m0/s1. The zero-order valence-electron chi connectivity index (χ0n) is 12.9. The molecule has 3 rings (SSSR count). The number of likely N-dealkylation sites (tertiary alicyclic amines) is 1. The third-order valence-electron chi connectivity index (χ3n) is 3.97. The fourth-order valence-corrected chi connectivity index (χ4v) is 2.73. The highest BCUT2D eigenvalue weighted by atomic mass is 16.5. The van der Waals surface area contributed by atoms with Gasteiger partial charge in [-0.2, -0.15) is 0 Å². The lowest BCUT2D eigenvalue weighted by Gasteiger charge is -2.16. The number of rotatable bonds is 5. The molecule has 2 heterocycles. The number of nitrogen functional groups attached to an aromatic ring is 1. The number of anilines is 1. The Morgan fingerprint density at radius 2 is 2.04 bits per heavy atom. The van der Waals surface area contributed by atoms with Gasteiger partial charge in [-0.05, 0) is 12.0 Å². The molecule has 2 aromatic rings. The highest BCUT2D eigenvalue weighted by Gasteiger charge is 2.28. The van der Waals surface area contributed by atoms with E-state index >= 15 is 0 Å². The van der Waals surface area contributed by atoms with Crippen LogP contribution in [0, 0.1) is 5.92 Å². The molecule has 23 heavy (non-hydrogen) atoms. The van der Waals surface area contributed by atoms with E-state index in [1.165, 1.54) is 12.4 Å². The number of ether oxygens (including phenoxy) is 1. The Balaban J connectivity index is 1.49. The average molecular weight is 312 g/mol. The van der Waals surface area contributed by atoms with Crippen LogP contribution in [-0.4, -0.2) is 40.5 Å². The molecule has 1 aliphatic heterocycles. The van der Waals surface area contributed by atoms with Gasteiger partial charge < -0.3 is 15.4 Å². The second-order valence-corrected chi connectivity index (χ2v) is 5.70. The minimum absolute atomic E-state index is 0.152. The molecule has 0 aliphatic carbocycles. The molecule has 120 valence electrons. The second-order valence-electron chi connectivity index (χ2n) is 5.70. The van der Waals surface area contributed by atoms with Gasteiger partial charge in [0.2, 0.25) is 0 Å². The first kappa shape index (κ1) is 15.4. The van der Waals surface area contributed by atoms with Crippen molar-refractivity contribution in [2.24, 2.45) is 5.92 Å². The predicted molar refractivity (Wildman–Crippen MR) is 86.6 cm³/mol. The molecule has 6 nitrogen and oxygen atoms in total. The molecule has 0 saturated carbocycles. The van der Waals surface area contributed by atoms with Crippen molar-refractivity contribution < 1.29 is 9.53 Å². The van der Waals surface area contributed by atoms with Crippen LogP contribution in [0.4, 0.5) is 5.82 Å². The molecule has 0 radical (unpaired) electrons. The van der Waals surface area contributed by atoms with E-state index in [2.05, 4.69) is 9.97 Å². The summed E-state index contributed by atoms with van der Waals surface area (Å²) in [5.41, 5.74) is 7.12. The predicted octanol–water partition coefficient (Wildman–Crippen LogP) is 1.74. The molecular formula is C17H20N4O2. The van der Waals surface area contributed by atoms with Crippen LogP contribution in [0.2, 0.25) is 0 Å². The van der Waals surface area contributed by atoms with Crippen LogP contribution in [-0.2, 0) is 11.3 Å². The van der Waals surface area contributed by atoms with E-state index < -0.39 is 0 Å². The van der Waals surface area contributed by atoms with E-state index in [1.807, 2.05) is 30.3 Å². The van der Waals surface area contributed by atoms with Crippen LogP contribution < -0.4 is 5.73 Å². The molecule has 1 aliphatic rings. The van der Waals surface area contributed by atoms with Crippen LogP contribution in [0.15, 0.2) is 42.7 Å². The van der Waals surface area contributed by atoms with Crippen molar-refractivity contribution in [3.05, 3.63) is 54.0 Å². The van der Waals surface area contributed by atoms with E-state index in [4.69, 9.17) is 10.5 Å². The molecule has 0 bridgehead atoms. The lowest BCUT2D eigenvalue weighted by Crippen LogP contribution is -2.30. The second kappa shape index (κ2) is 7.19. The Morgan fingerprint density at radius 3 is 2.83 bits per heavy atom. The summed E-state index contributed by atoms with van der Waals surface area (Å²) in [5.74, 6) is 0.378. The zero-order chi connectivity index (χ0) is 16.1. The van der Waals surface area contributed by atoms with Gasteiger partial charge in [0, 0.05) is 31.4 Å². The Bertz CT molecular complexity index is 663. The topological polar surface area (TPSA) is 81.3 Å². The van der Waals surface area contributed by atoms with Gasteiger partial charge in [0.05, 0.1) is 13.2 Å². The lowest BCUT2D eigenvalue weighted by molar-refractivity contribution is 0.0729.